The van der Waals surface area contributed by atoms with Crippen LogP contribution in [0.1, 0.15) is 33.6 Å². The van der Waals surface area contributed by atoms with Gasteiger partial charge in [0.1, 0.15) is 28.4 Å². The molecule has 1 heterocycles. The van der Waals surface area contributed by atoms with Gasteiger partial charge in [-0.1, -0.05) is 17.7 Å². The predicted octanol–water partition coefficient (Wildman–Crippen LogP) is 5.36. The van der Waals surface area contributed by atoms with Crippen molar-refractivity contribution in [2.45, 2.75) is 18.4 Å². The molecule has 10 heteroatoms. The highest BCUT2D eigenvalue weighted by molar-refractivity contribution is 6.34. The molecule has 1 fully saturated rings. The number of methoxy groups -OCH3 is 2. The number of carbonyl (C=O) groups is 3. The highest BCUT2D eigenvalue weighted by Crippen LogP contribution is 2.41. The largest absolute Gasteiger partial charge is 0.496 e. The van der Waals surface area contributed by atoms with E-state index >= 15 is 0 Å². The molecule has 0 atom stereocenters. The Hall–Kier alpha value is -4.37. The van der Waals surface area contributed by atoms with Crippen LogP contribution in [0.4, 0.5) is 4.39 Å². The number of halogens is 2. The van der Waals surface area contributed by atoms with Crippen LogP contribution in [0.15, 0.2) is 59.0 Å². The molecule has 200 valence electrons. The molecule has 39 heavy (non-hydrogen) atoms. The van der Waals surface area contributed by atoms with Crippen molar-refractivity contribution < 1.29 is 32.7 Å². The van der Waals surface area contributed by atoms with Crippen molar-refractivity contribution in [3.05, 3.63) is 76.6 Å². The summed E-state index contributed by atoms with van der Waals surface area (Å²) in [6.07, 6.45) is 0.952. The van der Waals surface area contributed by atoms with Crippen molar-refractivity contribution in [1.29, 1.82) is 0 Å². The first kappa shape index (κ1) is 26.2. The van der Waals surface area contributed by atoms with Gasteiger partial charge >= 0.3 is 5.97 Å². The summed E-state index contributed by atoms with van der Waals surface area (Å²) < 4.78 is 29.8. The summed E-state index contributed by atoms with van der Waals surface area (Å²) in [5.41, 5.74) is 1.48. The SMILES string of the molecule is CNC(=O)c1c(-c2ccc(F)cc2)oc2ccc(-c3cc(C(=O)NC4(C(=O)OC)CC4)c(OC)cc3Cl)cc12. The quantitative estimate of drug-likeness (QED) is 0.300. The van der Waals surface area contributed by atoms with E-state index in [9.17, 15) is 18.8 Å². The number of benzene rings is 3. The molecule has 1 aliphatic rings. The highest BCUT2D eigenvalue weighted by Gasteiger charge is 2.52. The molecular formula is C29H24ClFN2O6. The number of fused-ring (bicyclic) bond motifs is 1. The number of carbonyl (C=O) groups excluding carboxylic acids is 3. The summed E-state index contributed by atoms with van der Waals surface area (Å²) in [7, 11) is 4.20. The van der Waals surface area contributed by atoms with E-state index in [1.807, 2.05) is 0 Å². The topological polar surface area (TPSA) is 107 Å². The van der Waals surface area contributed by atoms with E-state index in [1.165, 1.54) is 51.6 Å². The molecular weight excluding hydrogens is 527 g/mol. The standard InChI is InChI=1S/C29H24ClFN2O6/c1-32-27(35)24-19-12-16(6-9-22(19)39-25(24)15-4-7-17(31)8-5-15)18-13-20(23(37-2)14-21(18)30)26(34)33-29(10-11-29)28(36)38-3/h4-9,12-14H,10-11H2,1-3H3,(H,32,35)(H,33,34). The van der Waals surface area contributed by atoms with Gasteiger partial charge in [-0.2, -0.15) is 0 Å². The van der Waals surface area contributed by atoms with Gasteiger partial charge in [0, 0.05) is 29.6 Å². The number of furan rings is 1. The van der Waals surface area contributed by atoms with E-state index < -0.39 is 23.2 Å². The first-order valence-corrected chi connectivity index (χ1v) is 12.4. The van der Waals surface area contributed by atoms with Crippen LogP contribution in [-0.2, 0) is 9.53 Å². The smallest absolute Gasteiger partial charge is 0.331 e. The maximum atomic E-state index is 13.5. The van der Waals surface area contributed by atoms with Crippen LogP contribution < -0.4 is 15.4 Å². The summed E-state index contributed by atoms with van der Waals surface area (Å²) in [6, 6.07) is 13.9. The highest BCUT2D eigenvalue weighted by atomic mass is 35.5. The fourth-order valence-corrected chi connectivity index (χ4v) is 4.79. The molecule has 0 spiro atoms. The van der Waals surface area contributed by atoms with Gasteiger partial charge < -0.3 is 24.5 Å². The molecule has 2 N–H and O–H groups in total. The number of amides is 2. The summed E-state index contributed by atoms with van der Waals surface area (Å²) in [6.45, 7) is 0. The summed E-state index contributed by atoms with van der Waals surface area (Å²) in [4.78, 5) is 38.3. The second-order valence-corrected chi connectivity index (χ2v) is 9.57. The fourth-order valence-electron chi connectivity index (χ4n) is 4.53. The van der Waals surface area contributed by atoms with Crippen LogP contribution in [0, 0.1) is 5.82 Å². The Bertz CT molecular complexity index is 1630. The molecule has 5 rings (SSSR count). The van der Waals surface area contributed by atoms with Gasteiger partial charge in [0.2, 0.25) is 0 Å². The molecule has 1 aliphatic carbocycles. The lowest BCUT2D eigenvalue weighted by molar-refractivity contribution is -0.144. The van der Waals surface area contributed by atoms with Crippen LogP contribution in [0.3, 0.4) is 0 Å². The monoisotopic (exact) mass is 550 g/mol. The van der Waals surface area contributed by atoms with Gasteiger partial charge in [0.05, 0.1) is 30.4 Å². The van der Waals surface area contributed by atoms with Gasteiger partial charge in [-0.25, -0.2) is 9.18 Å². The molecule has 8 nitrogen and oxygen atoms in total. The zero-order valence-corrected chi connectivity index (χ0v) is 22.1. The summed E-state index contributed by atoms with van der Waals surface area (Å²) in [5.74, 6) is -1.29. The Labute approximate surface area is 228 Å². The minimum atomic E-state index is -1.05. The van der Waals surface area contributed by atoms with Gasteiger partial charge in [-0.15, -0.1) is 0 Å². The minimum absolute atomic E-state index is 0.179. The van der Waals surface area contributed by atoms with E-state index in [2.05, 4.69) is 10.6 Å². The van der Waals surface area contributed by atoms with Crippen LogP contribution >= 0.6 is 11.6 Å². The van der Waals surface area contributed by atoms with Crippen molar-refractivity contribution in [2.24, 2.45) is 0 Å². The van der Waals surface area contributed by atoms with Crippen LogP contribution in [-0.4, -0.2) is 44.6 Å². The second-order valence-electron chi connectivity index (χ2n) is 9.16. The molecule has 1 aromatic heterocycles. The lowest BCUT2D eigenvalue weighted by Gasteiger charge is -2.17. The Balaban J connectivity index is 1.61. The molecule has 1 saturated carbocycles. The van der Waals surface area contributed by atoms with E-state index in [0.29, 0.717) is 51.3 Å². The molecule has 0 bridgehead atoms. The minimum Gasteiger partial charge on any atom is -0.496 e. The Morgan fingerprint density at radius 1 is 0.974 bits per heavy atom. The molecule has 0 unspecified atom stereocenters. The Kier molecular flexibility index (Phi) is 6.78. The van der Waals surface area contributed by atoms with Gasteiger partial charge in [0.25, 0.3) is 11.8 Å². The lowest BCUT2D eigenvalue weighted by Crippen LogP contribution is -2.43. The van der Waals surface area contributed by atoms with E-state index in [4.69, 9.17) is 25.5 Å². The third-order valence-electron chi connectivity index (χ3n) is 6.77. The van der Waals surface area contributed by atoms with Gasteiger partial charge in [-0.3, -0.25) is 9.59 Å². The summed E-state index contributed by atoms with van der Waals surface area (Å²) >= 11 is 6.61. The third-order valence-corrected chi connectivity index (χ3v) is 7.08. The van der Waals surface area contributed by atoms with Crippen molar-refractivity contribution in [3.8, 4) is 28.2 Å². The number of hydrogen-bond acceptors (Lipinski definition) is 6. The number of esters is 1. The van der Waals surface area contributed by atoms with Crippen LogP contribution in [0.25, 0.3) is 33.4 Å². The first-order valence-electron chi connectivity index (χ1n) is 12.0. The van der Waals surface area contributed by atoms with E-state index in [1.54, 1.807) is 24.3 Å². The molecule has 0 aliphatic heterocycles. The Morgan fingerprint density at radius 3 is 2.28 bits per heavy atom. The summed E-state index contributed by atoms with van der Waals surface area (Å²) in [5, 5.41) is 6.20. The maximum Gasteiger partial charge on any atom is 0.331 e. The maximum absolute atomic E-state index is 13.5. The van der Waals surface area contributed by atoms with E-state index in [0.717, 1.165) is 0 Å². The second kappa shape index (κ2) is 10.1. The van der Waals surface area contributed by atoms with Crippen molar-refractivity contribution in [2.75, 3.05) is 21.3 Å². The van der Waals surface area contributed by atoms with Crippen LogP contribution in [0.5, 0.6) is 5.75 Å². The van der Waals surface area contributed by atoms with Crippen LogP contribution in [0.2, 0.25) is 5.02 Å². The fraction of sp³-hybridized carbons (Fsp3) is 0.207. The average Bonchev–Trinajstić information content (AvgIpc) is 3.63. The molecule has 4 aromatic rings. The number of ether oxygens (including phenoxy) is 2. The zero-order chi connectivity index (χ0) is 27.9. The van der Waals surface area contributed by atoms with Gasteiger partial charge in [0.15, 0.2) is 0 Å². The molecule has 0 saturated heterocycles. The predicted molar refractivity (Wildman–Crippen MR) is 143 cm³/mol. The zero-order valence-electron chi connectivity index (χ0n) is 21.3. The Morgan fingerprint density at radius 2 is 1.67 bits per heavy atom. The van der Waals surface area contributed by atoms with Crippen molar-refractivity contribution in [1.82, 2.24) is 10.6 Å². The van der Waals surface area contributed by atoms with Gasteiger partial charge in [-0.05, 0) is 60.9 Å². The molecule has 0 radical (unpaired) electrons. The average molecular weight is 551 g/mol. The number of nitrogens with one attached hydrogen (secondary N) is 2. The first-order chi connectivity index (χ1) is 18.7. The van der Waals surface area contributed by atoms with Crippen molar-refractivity contribution >= 4 is 40.4 Å². The number of rotatable bonds is 7. The molecule has 3 aromatic carbocycles. The molecule has 2 amide bonds. The van der Waals surface area contributed by atoms with Crippen molar-refractivity contribution in [3.63, 3.8) is 0 Å². The van der Waals surface area contributed by atoms with E-state index in [-0.39, 0.29) is 22.8 Å². The number of hydrogen-bond donors (Lipinski definition) is 2. The lowest BCUT2D eigenvalue weighted by atomic mass is 9.98. The third kappa shape index (κ3) is 4.70. The normalized spacial score (nSPS) is 13.6.